The Labute approximate surface area is 116 Å². The lowest BCUT2D eigenvalue weighted by Gasteiger charge is -2.46. The van der Waals surface area contributed by atoms with Gasteiger partial charge < -0.3 is 10.4 Å². The van der Waals surface area contributed by atoms with Gasteiger partial charge in [-0.3, -0.25) is 9.69 Å². The molecule has 1 spiro atoms. The van der Waals surface area contributed by atoms with Crippen molar-refractivity contribution in [3.63, 3.8) is 0 Å². The number of piperidine rings is 2. The molecule has 0 bridgehead atoms. The number of likely N-dealkylation sites (tertiary alicyclic amines) is 1. The molecule has 0 unspecified atom stereocenters. The van der Waals surface area contributed by atoms with Crippen LogP contribution in [0.15, 0.2) is 11.6 Å². The predicted molar refractivity (Wildman–Crippen MR) is 72.7 cm³/mol. The Kier molecular flexibility index (Phi) is 3.56. The molecule has 2 N–H and O–H groups in total. The highest BCUT2D eigenvalue weighted by atomic mass is 32.1. The van der Waals surface area contributed by atoms with Crippen molar-refractivity contribution >= 4 is 17.4 Å². The van der Waals surface area contributed by atoms with Gasteiger partial charge in [0, 0.05) is 37.8 Å². The molecule has 0 radical (unpaired) electrons. The lowest BCUT2D eigenvalue weighted by Crippen LogP contribution is -2.61. The van der Waals surface area contributed by atoms with Crippen molar-refractivity contribution in [2.24, 2.45) is 5.41 Å². The molecule has 0 aromatic carbocycles. The van der Waals surface area contributed by atoms with Crippen LogP contribution in [0.4, 0.5) is 0 Å². The first-order valence-corrected chi connectivity index (χ1v) is 7.61. The average molecular weight is 281 g/mol. The first kappa shape index (κ1) is 13.0. The fourth-order valence-electron chi connectivity index (χ4n) is 3.23. The van der Waals surface area contributed by atoms with Gasteiger partial charge in [-0.15, -0.1) is 0 Å². The minimum Gasteiger partial charge on any atom is -0.392 e. The van der Waals surface area contributed by atoms with Crippen molar-refractivity contribution in [2.45, 2.75) is 31.9 Å². The van der Waals surface area contributed by atoms with E-state index < -0.39 is 11.5 Å². The van der Waals surface area contributed by atoms with Crippen LogP contribution in [0.25, 0.3) is 0 Å². The number of carbonyl (C=O) groups is 1. The van der Waals surface area contributed by atoms with E-state index in [4.69, 9.17) is 0 Å². The van der Waals surface area contributed by atoms with Crippen molar-refractivity contribution < 1.29 is 9.90 Å². The van der Waals surface area contributed by atoms with Crippen molar-refractivity contribution in [3.8, 4) is 0 Å². The van der Waals surface area contributed by atoms with Crippen molar-refractivity contribution in [2.75, 3.05) is 19.6 Å². The summed E-state index contributed by atoms with van der Waals surface area (Å²) >= 11 is 1.45. The maximum atomic E-state index is 12.2. The number of hydrogen-bond acceptors (Lipinski definition) is 5. The summed E-state index contributed by atoms with van der Waals surface area (Å²) in [5.41, 5.74) is 0.590. The molecule has 1 amide bonds. The molecule has 3 heterocycles. The van der Waals surface area contributed by atoms with Gasteiger partial charge in [0.1, 0.15) is 0 Å². The van der Waals surface area contributed by atoms with E-state index >= 15 is 0 Å². The summed E-state index contributed by atoms with van der Waals surface area (Å²) in [6.07, 6.45) is 3.79. The quantitative estimate of drug-likeness (QED) is 0.833. The summed E-state index contributed by atoms with van der Waals surface area (Å²) in [7, 11) is 0. The van der Waals surface area contributed by atoms with Gasteiger partial charge in [-0.1, -0.05) is 0 Å². The summed E-state index contributed by atoms with van der Waals surface area (Å²) in [5.74, 6) is 0.0272. The van der Waals surface area contributed by atoms with Gasteiger partial charge in [-0.05, 0) is 36.4 Å². The number of aliphatic hydroxyl groups is 1. The third-order valence-corrected chi connectivity index (χ3v) is 4.92. The molecule has 104 valence electrons. The van der Waals surface area contributed by atoms with Gasteiger partial charge in [-0.2, -0.15) is 0 Å². The van der Waals surface area contributed by atoms with Crippen molar-refractivity contribution in [1.29, 1.82) is 0 Å². The lowest BCUT2D eigenvalue weighted by atomic mass is 9.71. The van der Waals surface area contributed by atoms with Crippen molar-refractivity contribution in [1.82, 2.24) is 14.6 Å². The second-order valence-corrected chi connectivity index (χ2v) is 6.22. The second-order valence-electron chi connectivity index (χ2n) is 5.56. The normalized spacial score (nSPS) is 32.5. The molecule has 5 nitrogen and oxygen atoms in total. The van der Waals surface area contributed by atoms with Crippen LogP contribution < -0.4 is 5.32 Å². The van der Waals surface area contributed by atoms with E-state index in [1.54, 1.807) is 0 Å². The Morgan fingerprint density at radius 2 is 2.53 bits per heavy atom. The Morgan fingerprint density at radius 3 is 3.26 bits per heavy atom. The SMILES string of the molecule is O=C1NCCC[C@]12CN(Cc1cnsc1)CC[C@@H]2O. The van der Waals surface area contributed by atoms with Crippen LogP contribution in [-0.4, -0.2) is 46.0 Å². The van der Waals surface area contributed by atoms with E-state index in [-0.39, 0.29) is 5.91 Å². The van der Waals surface area contributed by atoms with Gasteiger partial charge in [0.2, 0.25) is 5.91 Å². The highest BCUT2D eigenvalue weighted by molar-refractivity contribution is 7.03. The maximum absolute atomic E-state index is 12.2. The molecule has 6 heteroatoms. The fraction of sp³-hybridized carbons (Fsp3) is 0.692. The van der Waals surface area contributed by atoms with Gasteiger partial charge in [-0.25, -0.2) is 4.37 Å². The molecule has 19 heavy (non-hydrogen) atoms. The molecule has 2 saturated heterocycles. The number of nitrogens with one attached hydrogen (secondary N) is 1. The van der Waals surface area contributed by atoms with Crippen LogP contribution in [-0.2, 0) is 11.3 Å². The summed E-state index contributed by atoms with van der Waals surface area (Å²) in [5, 5.41) is 15.3. The molecule has 2 aliphatic heterocycles. The summed E-state index contributed by atoms with van der Waals surface area (Å²) in [4.78, 5) is 14.5. The van der Waals surface area contributed by atoms with Gasteiger partial charge in [0.15, 0.2) is 0 Å². The minimum absolute atomic E-state index is 0.0272. The zero-order chi connectivity index (χ0) is 13.3. The Balaban J connectivity index is 1.74. The molecule has 1 aromatic heterocycles. The Bertz CT molecular complexity index is 451. The van der Waals surface area contributed by atoms with Gasteiger partial charge in [0.25, 0.3) is 0 Å². The molecule has 2 fully saturated rings. The van der Waals surface area contributed by atoms with Crippen LogP contribution in [0.3, 0.4) is 0 Å². The first-order chi connectivity index (χ1) is 9.21. The third kappa shape index (κ3) is 2.40. The molecule has 3 rings (SSSR count). The van der Waals surface area contributed by atoms with E-state index in [0.29, 0.717) is 13.0 Å². The fourth-order valence-corrected chi connectivity index (χ4v) is 3.75. The number of amides is 1. The average Bonchev–Trinajstić information content (AvgIpc) is 2.90. The highest BCUT2D eigenvalue weighted by Crippen LogP contribution is 2.37. The molecular formula is C13H19N3O2S. The van der Waals surface area contributed by atoms with Crippen LogP contribution in [0.1, 0.15) is 24.8 Å². The number of aliphatic hydroxyl groups excluding tert-OH is 1. The standard InChI is InChI=1S/C13H19N3O2S/c17-11-2-5-16(7-10-6-15-19-8-10)9-13(11)3-1-4-14-12(13)18/h6,8,11,17H,1-5,7,9H2,(H,14,18)/t11-,13+/m0/s1. The van der Waals surface area contributed by atoms with Crippen LogP contribution in [0.5, 0.6) is 0 Å². The largest absolute Gasteiger partial charge is 0.392 e. The number of nitrogens with zero attached hydrogens (tertiary/aromatic N) is 2. The maximum Gasteiger partial charge on any atom is 0.230 e. The Hall–Kier alpha value is -0.980. The molecule has 2 aliphatic rings. The van der Waals surface area contributed by atoms with E-state index in [2.05, 4.69) is 14.6 Å². The molecule has 2 atom stereocenters. The molecular weight excluding hydrogens is 262 g/mol. The zero-order valence-electron chi connectivity index (χ0n) is 10.8. The summed E-state index contributed by atoms with van der Waals surface area (Å²) < 4.78 is 4.11. The van der Waals surface area contributed by atoms with Crippen molar-refractivity contribution in [3.05, 3.63) is 17.1 Å². The van der Waals surface area contributed by atoms with E-state index in [1.807, 2.05) is 11.6 Å². The lowest BCUT2D eigenvalue weighted by molar-refractivity contribution is -0.149. The van der Waals surface area contributed by atoms with E-state index in [0.717, 1.165) is 32.5 Å². The number of rotatable bonds is 2. The first-order valence-electron chi connectivity index (χ1n) is 6.78. The summed E-state index contributed by atoms with van der Waals surface area (Å²) in [6.45, 7) is 3.04. The zero-order valence-corrected chi connectivity index (χ0v) is 11.7. The molecule has 0 saturated carbocycles. The number of carbonyl (C=O) groups excluding carboxylic acids is 1. The van der Waals surface area contributed by atoms with Gasteiger partial charge in [0.05, 0.1) is 11.5 Å². The van der Waals surface area contributed by atoms with E-state index in [9.17, 15) is 9.90 Å². The van der Waals surface area contributed by atoms with Crippen LogP contribution in [0, 0.1) is 5.41 Å². The highest BCUT2D eigenvalue weighted by Gasteiger charge is 2.49. The van der Waals surface area contributed by atoms with Gasteiger partial charge >= 0.3 is 0 Å². The molecule has 0 aliphatic carbocycles. The van der Waals surface area contributed by atoms with Crippen LogP contribution >= 0.6 is 11.5 Å². The second kappa shape index (κ2) is 5.19. The third-order valence-electron chi connectivity index (χ3n) is 4.29. The number of hydrogen-bond donors (Lipinski definition) is 2. The summed E-state index contributed by atoms with van der Waals surface area (Å²) in [6, 6.07) is 0. The van der Waals surface area contributed by atoms with Crippen LogP contribution in [0.2, 0.25) is 0 Å². The smallest absolute Gasteiger partial charge is 0.230 e. The monoisotopic (exact) mass is 281 g/mol. The van der Waals surface area contributed by atoms with E-state index in [1.165, 1.54) is 17.1 Å². The number of aromatic nitrogens is 1. The predicted octanol–water partition coefficient (Wildman–Crippen LogP) is 0.606. The Morgan fingerprint density at radius 1 is 1.63 bits per heavy atom. The minimum atomic E-state index is -0.597. The molecule has 1 aromatic rings. The topological polar surface area (TPSA) is 65.5 Å².